The van der Waals surface area contributed by atoms with Gasteiger partial charge in [0, 0.05) is 22.5 Å². The van der Waals surface area contributed by atoms with E-state index in [0.717, 1.165) is 17.1 Å². The lowest BCUT2D eigenvalue weighted by molar-refractivity contribution is 0.660. The molecule has 8 aromatic rings. The van der Waals surface area contributed by atoms with Gasteiger partial charge in [-0.15, -0.1) is 0 Å². The summed E-state index contributed by atoms with van der Waals surface area (Å²) in [5.41, 5.74) is 16.0. The van der Waals surface area contributed by atoms with Gasteiger partial charge in [0.1, 0.15) is 0 Å². The molecule has 9 rings (SSSR count). The Morgan fingerprint density at radius 2 is 0.880 bits per heavy atom. The van der Waals surface area contributed by atoms with Gasteiger partial charge in [-0.3, -0.25) is 0 Å². The number of hydrogen-bond donors (Lipinski definition) is 0. The van der Waals surface area contributed by atoms with Crippen LogP contribution < -0.4 is 4.90 Å². The molecule has 0 spiro atoms. The van der Waals surface area contributed by atoms with Gasteiger partial charge in [-0.1, -0.05) is 166 Å². The minimum absolute atomic E-state index is 0.0938. The molecule has 238 valence electrons. The Bertz CT molecular complexity index is 2500. The van der Waals surface area contributed by atoms with Crippen LogP contribution in [0.4, 0.5) is 17.1 Å². The van der Waals surface area contributed by atoms with E-state index in [1.165, 1.54) is 66.4 Å². The van der Waals surface area contributed by atoms with Crippen molar-refractivity contribution >= 4 is 27.8 Å². The third kappa shape index (κ3) is 5.02. The predicted octanol–water partition coefficient (Wildman–Crippen LogP) is 13.6. The van der Waals surface area contributed by atoms with E-state index in [9.17, 15) is 0 Å². The number of nitrogens with zero attached hydrogens (tertiary/aromatic N) is 1. The smallest absolute Gasteiger partial charge is 0.0467 e. The summed E-state index contributed by atoms with van der Waals surface area (Å²) in [5.74, 6) is 0. The molecule has 0 amide bonds. The first kappa shape index (κ1) is 29.9. The standard InChI is InChI=1S/C49H37N/c1-49(2)47-25-11-10-23-45(47)46-31-30-40(33-48(46)49)50(39-19-12-18-37(32-39)44-24-13-17-35-16-6-7-20-42(35)44)38-28-26-36(27-29-38)43-22-9-8-21-41(43)34-14-4-3-5-15-34/h3-33H,1-2H3. The zero-order chi connectivity index (χ0) is 33.7. The van der Waals surface area contributed by atoms with Gasteiger partial charge in [0.05, 0.1) is 0 Å². The molecule has 1 aliphatic carbocycles. The summed E-state index contributed by atoms with van der Waals surface area (Å²) in [6.45, 7) is 4.71. The van der Waals surface area contributed by atoms with Crippen molar-refractivity contribution in [3.05, 3.63) is 199 Å². The lowest BCUT2D eigenvalue weighted by Gasteiger charge is -2.28. The molecule has 0 heterocycles. The van der Waals surface area contributed by atoms with Crippen LogP contribution in [0.3, 0.4) is 0 Å². The summed E-state index contributed by atoms with van der Waals surface area (Å²) in [4.78, 5) is 2.42. The normalized spacial score (nSPS) is 12.8. The Hall–Kier alpha value is -6.18. The Morgan fingerprint density at radius 1 is 0.340 bits per heavy atom. The average molecular weight is 640 g/mol. The zero-order valence-electron chi connectivity index (χ0n) is 28.3. The van der Waals surface area contributed by atoms with Crippen LogP contribution in [-0.2, 0) is 5.41 Å². The Morgan fingerprint density at radius 3 is 1.68 bits per heavy atom. The first-order valence-electron chi connectivity index (χ1n) is 17.4. The lowest BCUT2D eigenvalue weighted by Crippen LogP contribution is -2.16. The first-order valence-corrected chi connectivity index (χ1v) is 17.4. The molecule has 0 unspecified atom stereocenters. The Kier molecular flexibility index (Phi) is 7.21. The predicted molar refractivity (Wildman–Crippen MR) is 213 cm³/mol. The molecule has 50 heavy (non-hydrogen) atoms. The van der Waals surface area contributed by atoms with Crippen LogP contribution in [0, 0.1) is 0 Å². The second-order valence-corrected chi connectivity index (χ2v) is 13.8. The molecule has 0 N–H and O–H groups in total. The van der Waals surface area contributed by atoms with Crippen LogP contribution in [0.1, 0.15) is 25.0 Å². The van der Waals surface area contributed by atoms with Crippen LogP contribution in [0.5, 0.6) is 0 Å². The average Bonchev–Trinajstić information content (AvgIpc) is 3.41. The van der Waals surface area contributed by atoms with E-state index in [-0.39, 0.29) is 5.41 Å². The molecule has 0 fully saturated rings. The summed E-state index contributed by atoms with van der Waals surface area (Å²) in [6.07, 6.45) is 0. The second-order valence-electron chi connectivity index (χ2n) is 13.8. The number of benzene rings is 8. The summed E-state index contributed by atoms with van der Waals surface area (Å²) in [7, 11) is 0. The van der Waals surface area contributed by atoms with E-state index in [0.29, 0.717) is 0 Å². The van der Waals surface area contributed by atoms with Crippen molar-refractivity contribution in [2.24, 2.45) is 0 Å². The van der Waals surface area contributed by atoms with Crippen LogP contribution in [0.25, 0.3) is 55.3 Å². The highest BCUT2D eigenvalue weighted by Gasteiger charge is 2.35. The molecule has 0 atom stereocenters. The van der Waals surface area contributed by atoms with Gasteiger partial charge in [0.2, 0.25) is 0 Å². The van der Waals surface area contributed by atoms with Crippen molar-refractivity contribution in [2.45, 2.75) is 19.3 Å². The SMILES string of the molecule is CC1(C)c2ccccc2-c2ccc(N(c3ccc(-c4ccccc4-c4ccccc4)cc3)c3cccc(-c4cccc5ccccc45)c3)cc21. The fourth-order valence-corrected chi connectivity index (χ4v) is 7.96. The molecule has 0 radical (unpaired) electrons. The molecule has 0 saturated heterocycles. The van der Waals surface area contributed by atoms with Gasteiger partial charge in [0.25, 0.3) is 0 Å². The molecule has 0 bridgehead atoms. The Labute approximate surface area is 294 Å². The van der Waals surface area contributed by atoms with Crippen LogP contribution >= 0.6 is 0 Å². The van der Waals surface area contributed by atoms with E-state index in [1.807, 2.05) is 0 Å². The molecule has 1 heteroatoms. The van der Waals surface area contributed by atoms with Crippen molar-refractivity contribution in [1.29, 1.82) is 0 Å². The summed E-state index contributed by atoms with van der Waals surface area (Å²) < 4.78 is 0. The summed E-state index contributed by atoms with van der Waals surface area (Å²) >= 11 is 0. The Balaban J connectivity index is 1.19. The van der Waals surface area contributed by atoms with Crippen molar-refractivity contribution in [3.8, 4) is 44.5 Å². The van der Waals surface area contributed by atoms with Crippen molar-refractivity contribution < 1.29 is 0 Å². The molecule has 8 aromatic carbocycles. The molecular weight excluding hydrogens is 603 g/mol. The fraction of sp³-hybridized carbons (Fsp3) is 0.0612. The third-order valence-electron chi connectivity index (χ3n) is 10.5. The van der Waals surface area contributed by atoms with Crippen molar-refractivity contribution in [3.63, 3.8) is 0 Å². The quantitative estimate of drug-likeness (QED) is 0.175. The third-order valence-corrected chi connectivity index (χ3v) is 10.5. The largest absolute Gasteiger partial charge is 0.310 e. The van der Waals surface area contributed by atoms with Crippen LogP contribution in [0.15, 0.2) is 188 Å². The molecular formula is C49H37N. The fourth-order valence-electron chi connectivity index (χ4n) is 7.96. The van der Waals surface area contributed by atoms with Gasteiger partial charge in [-0.2, -0.15) is 0 Å². The van der Waals surface area contributed by atoms with Crippen molar-refractivity contribution in [2.75, 3.05) is 4.90 Å². The molecule has 0 aliphatic heterocycles. The topological polar surface area (TPSA) is 3.24 Å². The number of anilines is 3. The first-order chi connectivity index (χ1) is 24.6. The van der Waals surface area contributed by atoms with Gasteiger partial charge < -0.3 is 4.90 Å². The number of fused-ring (bicyclic) bond motifs is 4. The lowest BCUT2D eigenvalue weighted by atomic mass is 9.82. The maximum Gasteiger partial charge on any atom is 0.0467 e. The summed E-state index contributed by atoms with van der Waals surface area (Å²) in [6, 6.07) is 68.6. The highest BCUT2D eigenvalue weighted by molar-refractivity contribution is 5.97. The van der Waals surface area contributed by atoms with E-state index < -0.39 is 0 Å². The van der Waals surface area contributed by atoms with Crippen molar-refractivity contribution in [1.82, 2.24) is 0 Å². The zero-order valence-corrected chi connectivity index (χ0v) is 28.3. The molecule has 0 saturated carbocycles. The molecule has 1 aliphatic rings. The highest BCUT2D eigenvalue weighted by atomic mass is 15.1. The molecule has 0 aromatic heterocycles. The van der Waals surface area contributed by atoms with E-state index in [2.05, 4.69) is 207 Å². The van der Waals surface area contributed by atoms with Gasteiger partial charge in [-0.25, -0.2) is 0 Å². The summed E-state index contributed by atoms with van der Waals surface area (Å²) in [5, 5.41) is 2.51. The minimum Gasteiger partial charge on any atom is -0.310 e. The van der Waals surface area contributed by atoms with E-state index in [4.69, 9.17) is 0 Å². The minimum atomic E-state index is -0.0938. The van der Waals surface area contributed by atoms with Gasteiger partial charge in [-0.05, 0) is 103 Å². The van der Waals surface area contributed by atoms with Crippen LogP contribution in [-0.4, -0.2) is 0 Å². The monoisotopic (exact) mass is 639 g/mol. The second kappa shape index (κ2) is 12.1. The van der Waals surface area contributed by atoms with E-state index in [1.54, 1.807) is 0 Å². The molecule has 1 nitrogen and oxygen atoms in total. The van der Waals surface area contributed by atoms with E-state index >= 15 is 0 Å². The highest BCUT2D eigenvalue weighted by Crippen LogP contribution is 2.51. The number of hydrogen-bond acceptors (Lipinski definition) is 1. The van der Waals surface area contributed by atoms with Gasteiger partial charge >= 0.3 is 0 Å². The number of rotatable bonds is 6. The van der Waals surface area contributed by atoms with Crippen LogP contribution in [0.2, 0.25) is 0 Å². The van der Waals surface area contributed by atoms with Gasteiger partial charge in [0.15, 0.2) is 0 Å². The maximum absolute atomic E-state index is 2.42. The maximum atomic E-state index is 2.42.